The second-order valence-electron chi connectivity index (χ2n) is 8.28. The van der Waals surface area contributed by atoms with Crippen LogP contribution in [0.25, 0.3) is 5.76 Å². The number of ketones is 1. The van der Waals surface area contributed by atoms with Crippen LogP contribution >= 0.6 is 0 Å². The zero-order valence-corrected chi connectivity index (χ0v) is 17.7. The molecule has 0 bridgehead atoms. The first kappa shape index (κ1) is 20.1. The van der Waals surface area contributed by atoms with Gasteiger partial charge in [0.05, 0.1) is 11.6 Å². The van der Waals surface area contributed by atoms with Gasteiger partial charge in [-0.2, -0.15) is 0 Å². The molecule has 3 aromatic rings. The van der Waals surface area contributed by atoms with Gasteiger partial charge in [-0.05, 0) is 41.8 Å². The van der Waals surface area contributed by atoms with Crippen LogP contribution in [0.5, 0.6) is 5.75 Å². The van der Waals surface area contributed by atoms with E-state index in [1.165, 1.54) is 4.90 Å². The minimum Gasteiger partial charge on any atom is -0.507 e. The molecule has 1 fully saturated rings. The van der Waals surface area contributed by atoms with Crippen molar-refractivity contribution < 1.29 is 19.4 Å². The van der Waals surface area contributed by atoms with Crippen molar-refractivity contribution in [3.05, 3.63) is 107 Å². The van der Waals surface area contributed by atoms with Crippen molar-refractivity contribution >= 4 is 17.4 Å². The number of carbonyl (C=O) groups is 2. The Kier molecular flexibility index (Phi) is 5.02. The Morgan fingerprint density at radius 2 is 1.69 bits per heavy atom. The molecule has 32 heavy (non-hydrogen) atoms. The summed E-state index contributed by atoms with van der Waals surface area (Å²) in [5.41, 5.74) is 3.31. The number of aliphatic hydroxyl groups is 1. The molecular formula is C27H23NO4. The van der Waals surface area contributed by atoms with Crippen LogP contribution in [0, 0.1) is 0 Å². The molecule has 5 rings (SSSR count). The highest BCUT2D eigenvalue weighted by atomic mass is 16.5. The molecule has 2 aliphatic heterocycles. The van der Waals surface area contributed by atoms with Crippen molar-refractivity contribution in [1.29, 1.82) is 0 Å². The van der Waals surface area contributed by atoms with Gasteiger partial charge in [0.15, 0.2) is 0 Å². The maximum absolute atomic E-state index is 13.2. The maximum atomic E-state index is 13.2. The SMILES string of the molecule is C[C@H]1Cc2cc(/C(O)=C3\C(=O)C(=O)N(Cc4ccccc4)[C@H]3c3ccccc3)ccc2O1. The standard InChI is InChI=1S/C27H23NO4/c1-17-14-21-15-20(12-13-22(21)32-17)25(29)23-24(19-10-6-3-7-11-19)28(27(31)26(23)30)16-18-8-4-2-5-9-18/h2-13,15,17,24,29H,14,16H2,1H3/b25-23+/t17-,24-/m0/s1. The number of likely N-dealkylation sites (tertiary alicyclic amines) is 1. The van der Waals surface area contributed by atoms with Crippen LogP contribution in [0.3, 0.4) is 0 Å². The monoisotopic (exact) mass is 425 g/mol. The summed E-state index contributed by atoms with van der Waals surface area (Å²) in [6.07, 6.45) is 0.809. The number of nitrogens with zero attached hydrogens (tertiary/aromatic N) is 1. The van der Waals surface area contributed by atoms with E-state index in [0.717, 1.165) is 28.9 Å². The number of aliphatic hydroxyl groups excluding tert-OH is 1. The summed E-state index contributed by atoms with van der Waals surface area (Å²) in [7, 11) is 0. The van der Waals surface area contributed by atoms with Crippen LogP contribution < -0.4 is 4.74 Å². The summed E-state index contributed by atoms with van der Waals surface area (Å²) in [4.78, 5) is 27.8. The van der Waals surface area contributed by atoms with Crippen molar-refractivity contribution in [2.24, 2.45) is 0 Å². The molecular weight excluding hydrogens is 402 g/mol. The third-order valence-electron chi connectivity index (χ3n) is 6.02. The number of benzene rings is 3. The van der Waals surface area contributed by atoms with Gasteiger partial charge in [-0.25, -0.2) is 0 Å². The molecule has 3 aromatic carbocycles. The van der Waals surface area contributed by atoms with E-state index in [1.807, 2.05) is 79.7 Å². The molecule has 2 aliphatic rings. The van der Waals surface area contributed by atoms with Gasteiger partial charge in [0, 0.05) is 18.5 Å². The molecule has 0 aliphatic carbocycles. The molecule has 0 unspecified atom stereocenters. The number of rotatable bonds is 4. The van der Waals surface area contributed by atoms with Crippen molar-refractivity contribution in [1.82, 2.24) is 4.90 Å². The predicted octanol–water partition coefficient (Wildman–Crippen LogP) is 4.63. The maximum Gasteiger partial charge on any atom is 0.295 e. The van der Waals surface area contributed by atoms with Crippen LogP contribution in [-0.4, -0.2) is 27.8 Å². The van der Waals surface area contributed by atoms with E-state index in [2.05, 4.69) is 0 Å². The third-order valence-corrected chi connectivity index (χ3v) is 6.02. The van der Waals surface area contributed by atoms with Crippen LogP contribution in [0.4, 0.5) is 0 Å². The molecule has 2 atom stereocenters. The number of carbonyl (C=O) groups excluding carboxylic acids is 2. The number of amides is 1. The lowest BCUT2D eigenvalue weighted by molar-refractivity contribution is -0.140. The fourth-order valence-electron chi connectivity index (χ4n) is 4.53. The topological polar surface area (TPSA) is 66.8 Å². The van der Waals surface area contributed by atoms with Crippen molar-refractivity contribution in [2.45, 2.75) is 32.0 Å². The quantitative estimate of drug-likeness (QED) is 0.376. The smallest absolute Gasteiger partial charge is 0.295 e. The molecule has 0 saturated carbocycles. The largest absolute Gasteiger partial charge is 0.507 e. The highest BCUT2D eigenvalue weighted by molar-refractivity contribution is 6.46. The van der Waals surface area contributed by atoms with Gasteiger partial charge in [-0.3, -0.25) is 9.59 Å². The van der Waals surface area contributed by atoms with E-state index in [0.29, 0.717) is 5.56 Å². The first-order valence-electron chi connectivity index (χ1n) is 10.7. The van der Waals surface area contributed by atoms with Crippen LogP contribution in [0.2, 0.25) is 0 Å². The van der Waals surface area contributed by atoms with Gasteiger partial charge in [0.1, 0.15) is 17.6 Å². The Balaban J connectivity index is 1.62. The van der Waals surface area contributed by atoms with E-state index in [4.69, 9.17) is 4.74 Å². The van der Waals surface area contributed by atoms with E-state index >= 15 is 0 Å². The Bertz CT molecular complexity index is 1220. The van der Waals surface area contributed by atoms with Crippen molar-refractivity contribution in [3.63, 3.8) is 0 Å². The molecule has 1 amide bonds. The van der Waals surface area contributed by atoms with Crippen LogP contribution in [0.1, 0.15) is 35.2 Å². The van der Waals surface area contributed by atoms with E-state index < -0.39 is 17.7 Å². The Labute approximate surface area is 186 Å². The highest BCUT2D eigenvalue weighted by Crippen LogP contribution is 2.41. The molecule has 1 saturated heterocycles. The summed E-state index contributed by atoms with van der Waals surface area (Å²) in [5, 5.41) is 11.3. The normalized spacial score (nSPS) is 21.5. The van der Waals surface area contributed by atoms with E-state index in [1.54, 1.807) is 6.07 Å². The fourth-order valence-corrected chi connectivity index (χ4v) is 4.53. The van der Waals surface area contributed by atoms with Gasteiger partial charge >= 0.3 is 0 Å². The fraction of sp³-hybridized carbons (Fsp3) is 0.185. The van der Waals surface area contributed by atoms with Crippen molar-refractivity contribution in [3.8, 4) is 5.75 Å². The summed E-state index contributed by atoms with van der Waals surface area (Å²) in [6.45, 7) is 2.27. The molecule has 1 N–H and O–H groups in total. The first-order valence-corrected chi connectivity index (χ1v) is 10.7. The second kappa shape index (κ2) is 8.00. The number of hydrogen-bond acceptors (Lipinski definition) is 4. The third kappa shape index (κ3) is 3.46. The lowest BCUT2D eigenvalue weighted by atomic mass is 9.94. The van der Waals surface area contributed by atoms with Gasteiger partial charge in [0.25, 0.3) is 11.7 Å². The number of hydrogen-bond donors (Lipinski definition) is 1. The van der Waals surface area contributed by atoms with Crippen molar-refractivity contribution in [2.75, 3.05) is 0 Å². The Morgan fingerprint density at radius 1 is 1.00 bits per heavy atom. The highest BCUT2D eigenvalue weighted by Gasteiger charge is 2.46. The van der Waals surface area contributed by atoms with Gasteiger partial charge in [0.2, 0.25) is 0 Å². The predicted molar refractivity (Wildman–Crippen MR) is 121 cm³/mol. The Morgan fingerprint density at radius 3 is 2.41 bits per heavy atom. The molecule has 0 aromatic heterocycles. The minimum atomic E-state index is -0.669. The molecule has 160 valence electrons. The lowest BCUT2D eigenvalue weighted by Crippen LogP contribution is -2.29. The molecule has 5 nitrogen and oxygen atoms in total. The van der Waals surface area contributed by atoms with Crippen LogP contribution in [-0.2, 0) is 22.6 Å². The molecule has 2 heterocycles. The average molecular weight is 425 g/mol. The first-order chi connectivity index (χ1) is 15.5. The number of Topliss-reactive ketones (excluding diaryl/α,β-unsaturated/α-hetero) is 1. The number of fused-ring (bicyclic) bond motifs is 1. The summed E-state index contributed by atoms with van der Waals surface area (Å²) in [6, 6.07) is 23.6. The molecule has 0 radical (unpaired) electrons. The average Bonchev–Trinajstić information content (AvgIpc) is 3.31. The zero-order valence-electron chi connectivity index (χ0n) is 17.7. The zero-order chi connectivity index (χ0) is 22.2. The summed E-state index contributed by atoms with van der Waals surface area (Å²) >= 11 is 0. The number of ether oxygens (including phenoxy) is 1. The minimum absolute atomic E-state index is 0.0724. The Hall–Kier alpha value is -3.86. The summed E-state index contributed by atoms with van der Waals surface area (Å²) < 4.78 is 5.75. The second-order valence-corrected chi connectivity index (χ2v) is 8.28. The molecule has 0 spiro atoms. The van der Waals surface area contributed by atoms with E-state index in [-0.39, 0.29) is 24.0 Å². The van der Waals surface area contributed by atoms with Gasteiger partial charge in [-0.1, -0.05) is 60.7 Å². The molecule has 5 heteroatoms. The summed E-state index contributed by atoms with van der Waals surface area (Å²) in [5.74, 6) is -0.645. The van der Waals surface area contributed by atoms with Gasteiger partial charge < -0.3 is 14.7 Å². The van der Waals surface area contributed by atoms with Gasteiger partial charge in [-0.15, -0.1) is 0 Å². The van der Waals surface area contributed by atoms with Crippen LogP contribution in [0.15, 0.2) is 84.4 Å². The lowest BCUT2D eigenvalue weighted by Gasteiger charge is -2.25. The van der Waals surface area contributed by atoms with E-state index in [9.17, 15) is 14.7 Å².